The molecule has 2 amide bonds. The Morgan fingerprint density at radius 2 is 1.69 bits per heavy atom. The van der Waals surface area contributed by atoms with Gasteiger partial charge in [0.05, 0.1) is 0 Å². The van der Waals surface area contributed by atoms with Crippen LogP contribution in [0, 0.1) is 11.8 Å². The van der Waals surface area contributed by atoms with Crippen molar-refractivity contribution in [1.29, 1.82) is 0 Å². The van der Waals surface area contributed by atoms with Crippen LogP contribution < -0.4 is 5.01 Å². The molecule has 0 N–H and O–H groups in total. The molecule has 0 bridgehead atoms. The van der Waals surface area contributed by atoms with Crippen molar-refractivity contribution in [2.75, 3.05) is 5.01 Å². The van der Waals surface area contributed by atoms with Gasteiger partial charge in [-0.25, -0.2) is 0 Å². The number of aromatic nitrogens is 1. The third-order valence-electron chi connectivity index (χ3n) is 5.65. The molecule has 2 aromatic rings. The molecule has 2 heterocycles. The van der Waals surface area contributed by atoms with Crippen LogP contribution >= 0.6 is 0 Å². The third kappa shape index (κ3) is 4.00. The molecule has 1 fully saturated rings. The second-order valence-electron chi connectivity index (χ2n) is 7.64. The summed E-state index contributed by atoms with van der Waals surface area (Å²) in [5.41, 5.74) is 0. The Hall–Kier alpha value is -2.10. The van der Waals surface area contributed by atoms with Gasteiger partial charge in [0.1, 0.15) is 0 Å². The largest absolute Gasteiger partial charge is 0.273 e. The lowest BCUT2D eigenvalue weighted by molar-refractivity contribution is -0.136. The van der Waals surface area contributed by atoms with Gasteiger partial charge in [0.2, 0.25) is 5.91 Å². The van der Waals surface area contributed by atoms with Crippen molar-refractivity contribution in [2.45, 2.75) is 65.2 Å². The van der Waals surface area contributed by atoms with E-state index >= 15 is 0 Å². The molecule has 140 valence electrons. The third-order valence-corrected chi connectivity index (χ3v) is 5.65. The summed E-state index contributed by atoms with van der Waals surface area (Å²) in [5, 5.41) is 3.44. The van der Waals surface area contributed by atoms with Gasteiger partial charge in [-0.15, -0.1) is 0 Å². The van der Waals surface area contributed by atoms with Crippen molar-refractivity contribution < 1.29 is 9.59 Å². The van der Waals surface area contributed by atoms with Crippen LogP contribution in [0.4, 0.5) is 0 Å². The standard InChI is InChI=1S/C22H30N2O2/c1-3-4-5-6-7-10-17(2)20-13-14-21(25)24(22(20)26)23-15-18-11-8-9-12-19(18)16-23/h8-9,11-12,15-17,20H,3-7,10,13-14H2,1-2H3. The van der Waals surface area contributed by atoms with E-state index in [0.29, 0.717) is 18.8 Å². The number of carbonyl (C=O) groups is 2. The highest BCUT2D eigenvalue weighted by Crippen LogP contribution is 2.29. The predicted octanol–water partition coefficient (Wildman–Crippen LogP) is 5.04. The molecule has 3 rings (SSSR count). The maximum Gasteiger partial charge on any atom is 0.251 e. The van der Waals surface area contributed by atoms with Crippen molar-refractivity contribution in [3.63, 3.8) is 0 Å². The number of benzene rings is 1. The minimum atomic E-state index is -0.0956. The molecule has 26 heavy (non-hydrogen) atoms. The maximum absolute atomic E-state index is 13.1. The zero-order chi connectivity index (χ0) is 18.5. The molecular formula is C22H30N2O2. The van der Waals surface area contributed by atoms with Gasteiger partial charge in [-0.3, -0.25) is 14.3 Å². The van der Waals surface area contributed by atoms with Gasteiger partial charge in [-0.1, -0.05) is 70.2 Å². The van der Waals surface area contributed by atoms with Gasteiger partial charge in [0.15, 0.2) is 0 Å². The molecule has 2 atom stereocenters. The van der Waals surface area contributed by atoms with Gasteiger partial charge < -0.3 is 0 Å². The number of carbonyl (C=O) groups excluding carboxylic acids is 2. The van der Waals surface area contributed by atoms with Crippen LogP contribution in [0.5, 0.6) is 0 Å². The van der Waals surface area contributed by atoms with E-state index in [0.717, 1.165) is 17.2 Å². The first-order valence-electron chi connectivity index (χ1n) is 10.1. The molecule has 2 unspecified atom stereocenters. The molecule has 4 nitrogen and oxygen atoms in total. The van der Waals surface area contributed by atoms with Gasteiger partial charge in [-0.05, 0) is 18.8 Å². The number of hydrogen-bond acceptors (Lipinski definition) is 2. The summed E-state index contributed by atoms with van der Waals surface area (Å²) in [7, 11) is 0. The van der Waals surface area contributed by atoms with Crippen LogP contribution in [-0.2, 0) is 9.59 Å². The van der Waals surface area contributed by atoms with E-state index in [1.807, 2.05) is 36.7 Å². The molecule has 1 saturated heterocycles. The van der Waals surface area contributed by atoms with E-state index in [1.165, 1.54) is 37.1 Å². The van der Waals surface area contributed by atoms with E-state index in [-0.39, 0.29) is 17.7 Å². The first-order chi connectivity index (χ1) is 12.6. The van der Waals surface area contributed by atoms with Crippen molar-refractivity contribution in [2.24, 2.45) is 11.8 Å². The zero-order valence-electron chi connectivity index (χ0n) is 16.0. The average molecular weight is 354 g/mol. The average Bonchev–Trinajstić information content (AvgIpc) is 3.05. The molecule has 0 radical (unpaired) electrons. The van der Waals surface area contributed by atoms with Gasteiger partial charge in [0.25, 0.3) is 5.91 Å². The lowest BCUT2D eigenvalue weighted by atomic mass is 9.83. The first-order valence-corrected chi connectivity index (χ1v) is 10.1. The van der Waals surface area contributed by atoms with E-state index < -0.39 is 0 Å². The molecule has 1 aliphatic rings. The molecule has 0 aliphatic carbocycles. The van der Waals surface area contributed by atoms with Crippen LogP contribution in [0.25, 0.3) is 10.8 Å². The minimum Gasteiger partial charge on any atom is -0.273 e. The Morgan fingerprint density at radius 1 is 1.04 bits per heavy atom. The van der Waals surface area contributed by atoms with Gasteiger partial charge in [-0.2, -0.15) is 5.01 Å². The smallest absolute Gasteiger partial charge is 0.251 e. The number of hydrogen-bond donors (Lipinski definition) is 0. The fourth-order valence-corrected chi connectivity index (χ4v) is 4.01. The summed E-state index contributed by atoms with van der Waals surface area (Å²) >= 11 is 0. The topological polar surface area (TPSA) is 42.3 Å². The predicted molar refractivity (Wildman–Crippen MR) is 105 cm³/mol. The van der Waals surface area contributed by atoms with E-state index in [4.69, 9.17) is 0 Å². The lowest BCUT2D eigenvalue weighted by Crippen LogP contribution is -2.52. The fraction of sp³-hybridized carbons (Fsp3) is 0.545. The van der Waals surface area contributed by atoms with Gasteiger partial charge >= 0.3 is 0 Å². The Labute approximate surface area is 156 Å². The molecule has 0 saturated carbocycles. The van der Waals surface area contributed by atoms with E-state index in [2.05, 4.69) is 13.8 Å². The lowest BCUT2D eigenvalue weighted by Gasteiger charge is -2.34. The highest BCUT2D eigenvalue weighted by Gasteiger charge is 2.38. The summed E-state index contributed by atoms with van der Waals surface area (Å²) in [6, 6.07) is 7.94. The Kier molecular flexibility index (Phi) is 6.12. The first kappa shape index (κ1) is 18.7. The van der Waals surface area contributed by atoms with Crippen LogP contribution in [0.3, 0.4) is 0 Å². The number of nitrogens with zero attached hydrogens (tertiary/aromatic N) is 2. The number of unbranched alkanes of at least 4 members (excludes halogenated alkanes) is 4. The molecule has 1 aromatic heterocycles. The van der Waals surface area contributed by atoms with Crippen molar-refractivity contribution in [3.8, 4) is 0 Å². The summed E-state index contributed by atoms with van der Waals surface area (Å²) in [4.78, 5) is 25.5. The second-order valence-corrected chi connectivity index (χ2v) is 7.64. The highest BCUT2D eigenvalue weighted by atomic mass is 16.2. The van der Waals surface area contributed by atoms with Crippen molar-refractivity contribution >= 4 is 22.6 Å². The molecular weight excluding hydrogens is 324 g/mol. The Balaban J connectivity index is 1.68. The number of rotatable bonds is 8. The normalized spacial score (nSPS) is 19.3. The van der Waals surface area contributed by atoms with Crippen LogP contribution in [0.1, 0.15) is 65.2 Å². The summed E-state index contributed by atoms with van der Waals surface area (Å²) in [6.07, 6.45) is 12.2. The van der Waals surface area contributed by atoms with Crippen molar-refractivity contribution in [1.82, 2.24) is 4.68 Å². The zero-order valence-corrected chi connectivity index (χ0v) is 16.0. The fourth-order valence-electron chi connectivity index (χ4n) is 4.01. The molecule has 1 aliphatic heterocycles. The monoisotopic (exact) mass is 354 g/mol. The van der Waals surface area contributed by atoms with Crippen molar-refractivity contribution in [3.05, 3.63) is 36.7 Å². The number of imide groups is 1. The van der Waals surface area contributed by atoms with Crippen LogP contribution in [0.15, 0.2) is 36.7 Å². The maximum atomic E-state index is 13.1. The molecule has 4 heteroatoms. The Morgan fingerprint density at radius 3 is 2.35 bits per heavy atom. The van der Waals surface area contributed by atoms with Crippen LogP contribution in [0.2, 0.25) is 0 Å². The second kappa shape index (κ2) is 8.52. The number of amides is 2. The minimum absolute atomic E-state index is 0.0392. The quantitative estimate of drug-likeness (QED) is 0.492. The number of piperidine rings is 1. The summed E-state index contributed by atoms with van der Waals surface area (Å²) in [6.45, 7) is 4.39. The summed E-state index contributed by atoms with van der Waals surface area (Å²) < 4.78 is 1.69. The highest BCUT2D eigenvalue weighted by molar-refractivity contribution is 6.11. The van der Waals surface area contributed by atoms with E-state index in [1.54, 1.807) is 4.68 Å². The van der Waals surface area contributed by atoms with E-state index in [9.17, 15) is 9.59 Å². The molecule has 0 spiro atoms. The summed E-state index contributed by atoms with van der Waals surface area (Å²) in [5.74, 6) is 0.137. The molecule has 1 aromatic carbocycles. The number of fused-ring (bicyclic) bond motifs is 1. The van der Waals surface area contributed by atoms with Crippen LogP contribution in [-0.4, -0.2) is 16.5 Å². The Bertz CT molecular complexity index is 731. The van der Waals surface area contributed by atoms with Gasteiger partial charge in [0, 0.05) is 35.5 Å². The SMILES string of the molecule is CCCCCCCC(C)C1CCC(=O)N(n2cc3ccccc3c2)C1=O.